The molecule has 0 amide bonds. The van der Waals surface area contributed by atoms with Crippen LogP contribution in [0.2, 0.25) is 0 Å². The summed E-state index contributed by atoms with van der Waals surface area (Å²) in [7, 11) is 0. The number of carboxylic acid groups (broad SMARTS) is 1. The monoisotopic (exact) mass is 379 g/mol. The van der Waals surface area contributed by atoms with Crippen LogP contribution in [0.1, 0.15) is 36.6 Å². The average Bonchev–Trinajstić information content (AvgIpc) is 2.66. The maximum atomic E-state index is 11.2. The number of hydrogen-bond acceptors (Lipinski definition) is 5. The lowest BCUT2D eigenvalue weighted by Crippen LogP contribution is -2.58. The van der Waals surface area contributed by atoms with Crippen molar-refractivity contribution in [3.05, 3.63) is 65.2 Å². The first kappa shape index (κ1) is 19.9. The summed E-state index contributed by atoms with van der Waals surface area (Å²) in [5.74, 6) is -0.606. The van der Waals surface area contributed by atoms with Crippen molar-refractivity contribution in [2.45, 2.75) is 32.0 Å². The molecule has 0 aromatic heterocycles. The van der Waals surface area contributed by atoms with Gasteiger partial charge in [-0.3, -0.25) is 14.6 Å². The van der Waals surface area contributed by atoms with Crippen LogP contribution in [-0.2, 0) is 4.79 Å². The molecule has 146 valence electrons. The lowest BCUT2D eigenvalue weighted by molar-refractivity contribution is -0.140. The van der Waals surface area contributed by atoms with Gasteiger partial charge in [0.25, 0.3) is 0 Å². The highest BCUT2D eigenvalue weighted by Crippen LogP contribution is 2.34. The molecule has 1 heterocycles. The van der Waals surface area contributed by atoms with Gasteiger partial charge in [0.05, 0.1) is 24.2 Å². The molecule has 0 radical (unpaired) electrons. The van der Waals surface area contributed by atoms with Gasteiger partial charge in [0.15, 0.2) is 0 Å². The maximum Gasteiger partial charge on any atom is 0.317 e. The Balaban J connectivity index is 1.97. The minimum absolute atomic E-state index is 0.0347. The number of aliphatic carboxylic acids is 1. The highest BCUT2D eigenvalue weighted by molar-refractivity contribution is 5.69. The Hall–Kier alpha value is -2.88. The van der Waals surface area contributed by atoms with Crippen molar-refractivity contribution >= 4 is 5.97 Å². The zero-order chi connectivity index (χ0) is 20.3. The molecule has 2 N–H and O–H groups in total. The summed E-state index contributed by atoms with van der Waals surface area (Å²) in [6.45, 7) is 5.53. The summed E-state index contributed by atoms with van der Waals surface area (Å²) >= 11 is 0. The summed E-state index contributed by atoms with van der Waals surface area (Å²) in [5, 5.41) is 28.3. The Labute approximate surface area is 165 Å². The molecular weight excluding hydrogens is 354 g/mol. The number of benzene rings is 2. The van der Waals surface area contributed by atoms with E-state index in [1.807, 2.05) is 36.1 Å². The van der Waals surface area contributed by atoms with Gasteiger partial charge in [0.1, 0.15) is 5.75 Å². The Bertz CT molecular complexity index is 875. The number of carboxylic acids is 1. The van der Waals surface area contributed by atoms with E-state index in [4.69, 9.17) is 5.26 Å². The van der Waals surface area contributed by atoms with E-state index < -0.39 is 5.97 Å². The van der Waals surface area contributed by atoms with Gasteiger partial charge in [0.2, 0.25) is 0 Å². The number of phenols is 1. The molecule has 1 unspecified atom stereocenters. The fraction of sp³-hybridized carbons (Fsp3) is 0.364. The van der Waals surface area contributed by atoms with E-state index in [1.54, 1.807) is 24.3 Å². The minimum atomic E-state index is -0.816. The lowest BCUT2D eigenvalue weighted by Gasteiger charge is -2.47. The average molecular weight is 379 g/mol. The van der Waals surface area contributed by atoms with Crippen LogP contribution in [0.15, 0.2) is 48.5 Å². The SMILES string of the molecule is C[C@@H]1CN(C(c2ccc(C#N)cc2)c2cccc(O)c2)[C@@H](C)CN1CC(=O)O. The first-order chi connectivity index (χ1) is 13.4. The highest BCUT2D eigenvalue weighted by Gasteiger charge is 2.35. The van der Waals surface area contributed by atoms with E-state index in [0.29, 0.717) is 18.7 Å². The van der Waals surface area contributed by atoms with Crippen LogP contribution in [0.5, 0.6) is 5.75 Å². The molecule has 0 bridgehead atoms. The van der Waals surface area contributed by atoms with Gasteiger partial charge < -0.3 is 10.2 Å². The van der Waals surface area contributed by atoms with Crippen molar-refractivity contribution in [2.75, 3.05) is 19.6 Å². The summed E-state index contributed by atoms with van der Waals surface area (Å²) < 4.78 is 0. The van der Waals surface area contributed by atoms with E-state index in [0.717, 1.165) is 11.1 Å². The minimum Gasteiger partial charge on any atom is -0.508 e. The number of nitriles is 1. The van der Waals surface area contributed by atoms with Crippen LogP contribution in [0.4, 0.5) is 0 Å². The Morgan fingerprint density at radius 1 is 1.14 bits per heavy atom. The number of hydrogen-bond donors (Lipinski definition) is 2. The van der Waals surface area contributed by atoms with Crippen molar-refractivity contribution < 1.29 is 15.0 Å². The Kier molecular flexibility index (Phi) is 5.98. The van der Waals surface area contributed by atoms with E-state index in [2.05, 4.69) is 17.9 Å². The Morgan fingerprint density at radius 2 is 1.86 bits per heavy atom. The van der Waals surface area contributed by atoms with Crippen LogP contribution in [0.3, 0.4) is 0 Å². The van der Waals surface area contributed by atoms with Gasteiger partial charge in [-0.25, -0.2) is 0 Å². The normalized spacial score (nSPS) is 21.8. The largest absolute Gasteiger partial charge is 0.508 e. The molecule has 28 heavy (non-hydrogen) atoms. The molecule has 2 aromatic carbocycles. The van der Waals surface area contributed by atoms with E-state index in [9.17, 15) is 15.0 Å². The molecule has 2 aromatic rings. The van der Waals surface area contributed by atoms with E-state index in [-0.39, 0.29) is 30.4 Å². The first-order valence-corrected chi connectivity index (χ1v) is 9.39. The molecule has 1 aliphatic heterocycles. The second kappa shape index (κ2) is 8.42. The molecule has 3 atom stereocenters. The third-order valence-electron chi connectivity index (χ3n) is 5.37. The van der Waals surface area contributed by atoms with Gasteiger partial charge >= 0.3 is 5.97 Å². The predicted molar refractivity (Wildman–Crippen MR) is 106 cm³/mol. The van der Waals surface area contributed by atoms with Crippen molar-refractivity contribution in [1.82, 2.24) is 9.80 Å². The van der Waals surface area contributed by atoms with Crippen LogP contribution in [0.25, 0.3) is 0 Å². The predicted octanol–water partition coefficient (Wildman–Crippen LogP) is 2.83. The molecule has 1 saturated heterocycles. The van der Waals surface area contributed by atoms with Gasteiger partial charge in [-0.2, -0.15) is 5.26 Å². The quantitative estimate of drug-likeness (QED) is 0.831. The van der Waals surface area contributed by atoms with Crippen LogP contribution in [-0.4, -0.2) is 57.7 Å². The molecule has 0 aliphatic carbocycles. The zero-order valence-electron chi connectivity index (χ0n) is 16.1. The molecule has 1 aliphatic rings. The molecule has 0 saturated carbocycles. The number of rotatable bonds is 5. The molecule has 6 heteroatoms. The number of carbonyl (C=O) groups is 1. The topological polar surface area (TPSA) is 87.8 Å². The van der Waals surface area contributed by atoms with Crippen molar-refractivity contribution in [3.63, 3.8) is 0 Å². The second-order valence-electron chi connectivity index (χ2n) is 7.45. The third kappa shape index (κ3) is 4.33. The number of aromatic hydroxyl groups is 1. The molecule has 0 spiro atoms. The summed E-state index contributed by atoms with van der Waals surface area (Å²) in [5.41, 5.74) is 2.61. The van der Waals surface area contributed by atoms with Crippen LogP contribution >= 0.6 is 0 Å². The summed E-state index contributed by atoms with van der Waals surface area (Å²) in [6, 6.07) is 17.0. The lowest BCUT2D eigenvalue weighted by atomic mass is 9.93. The van der Waals surface area contributed by atoms with Gasteiger partial charge in [-0.15, -0.1) is 0 Å². The van der Waals surface area contributed by atoms with Gasteiger partial charge in [-0.05, 0) is 49.2 Å². The molecular formula is C22H25N3O3. The number of phenolic OH excluding ortho intramolecular Hbond substituents is 1. The van der Waals surface area contributed by atoms with Crippen LogP contribution in [0, 0.1) is 11.3 Å². The Morgan fingerprint density at radius 3 is 2.46 bits per heavy atom. The third-order valence-corrected chi connectivity index (χ3v) is 5.37. The fourth-order valence-corrected chi connectivity index (χ4v) is 3.99. The first-order valence-electron chi connectivity index (χ1n) is 9.39. The van der Waals surface area contributed by atoms with Gasteiger partial charge in [0, 0.05) is 25.2 Å². The van der Waals surface area contributed by atoms with Crippen molar-refractivity contribution in [1.29, 1.82) is 5.26 Å². The smallest absolute Gasteiger partial charge is 0.317 e. The standard InChI is InChI=1S/C22H25N3O3/c1-15-13-25(16(2)12-24(15)14-21(27)28)22(19-4-3-5-20(26)10-19)18-8-6-17(11-23)7-9-18/h3-10,15-16,22,26H,12-14H2,1-2H3,(H,27,28)/t15-,16+,22?/m1/s1. The van der Waals surface area contributed by atoms with Gasteiger partial charge in [-0.1, -0.05) is 24.3 Å². The van der Waals surface area contributed by atoms with Crippen molar-refractivity contribution in [3.8, 4) is 11.8 Å². The second-order valence-corrected chi connectivity index (χ2v) is 7.45. The van der Waals surface area contributed by atoms with Crippen molar-refractivity contribution in [2.24, 2.45) is 0 Å². The zero-order valence-corrected chi connectivity index (χ0v) is 16.1. The molecule has 3 rings (SSSR count). The molecule has 6 nitrogen and oxygen atoms in total. The summed E-state index contributed by atoms with van der Waals surface area (Å²) in [6.07, 6.45) is 0. The summed E-state index contributed by atoms with van der Waals surface area (Å²) in [4.78, 5) is 15.5. The van der Waals surface area contributed by atoms with E-state index >= 15 is 0 Å². The van der Waals surface area contributed by atoms with Crippen LogP contribution < -0.4 is 0 Å². The number of nitrogens with zero attached hydrogens (tertiary/aromatic N) is 3. The highest BCUT2D eigenvalue weighted by atomic mass is 16.4. The fourth-order valence-electron chi connectivity index (χ4n) is 3.99. The molecule has 1 fully saturated rings. The maximum absolute atomic E-state index is 11.2. The van der Waals surface area contributed by atoms with E-state index in [1.165, 1.54) is 0 Å². The number of piperazine rings is 1.